The van der Waals surface area contributed by atoms with E-state index in [0.29, 0.717) is 27.6 Å². The van der Waals surface area contributed by atoms with Crippen molar-refractivity contribution in [1.82, 2.24) is 4.57 Å². The summed E-state index contributed by atoms with van der Waals surface area (Å²) in [7, 11) is 0. The summed E-state index contributed by atoms with van der Waals surface area (Å²) in [6.45, 7) is 3.66. The van der Waals surface area contributed by atoms with Crippen molar-refractivity contribution in [2.24, 2.45) is 0 Å². The molecule has 4 nitrogen and oxygen atoms in total. The van der Waals surface area contributed by atoms with Crippen LogP contribution in [0.3, 0.4) is 0 Å². The van der Waals surface area contributed by atoms with Crippen molar-refractivity contribution in [2.75, 3.05) is 0 Å². The van der Waals surface area contributed by atoms with Crippen molar-refractivity contribution in [3.05, 3.63) is 80.9 Å². The number of aromatic nitrogens is 1. The predicted molar refractivity (Wildman–Crippen MR) is 90.1 cm³/mol. The lowest BCUT2D eigenvalue weighted by molar-refractivity contribution is 0.0695. The average Bonchev–Trinajstić information content (AvgIpc) is 2.50. The lowest BCUT2D eigenvalue weighted by atomic mass is 9.98. The number of carbonyl (C=O) groups is 1. The van der Waals surface area contributed by atoms with Crippen LogP contribution in [0.4, 0.5) is 4.39 Å². The third kappa shape index (κ3) is 2.69. The van der Waals surface area contributed by atoms with E-state index in [9.17, 15) is 19.1 Å². The number of benzene rings is 2. The number of hydrogen-bond donors (Lipinski definition) is 1. The number of hydrogen-bond acceptors (Lipinski definition) is 2. The highest BCUT2D eigenvalue weighted by Gasteiger charge is 2.16. The van der Waals surface area contributed by atoms with Gasteiger partial charge in [-0.15, -0.1) is 0 Å². The number of carboxylic acid groups (broad SMARTS) is 1. The van der Waals surface area contributed by atoms with E-state index in [1.807, 2.05) is 0 Å². The lowest BCUT2D eigenvalue weighted by Crippen LogP contribution is -2.21. The van der Waals surface area contributed by atoms with Crippen LogP contribution < -0.4 is 5.56 Å². The van der Waals surface area contributed by atoms with Crippen LogP contribution >= 0.6 is 0 Å². The summed E-state index contributed by atoms with van der Waals surface area (Å²) in [5.41, 5.74) is 2.55. The van der Waals surface area contributed by atoms with Gasteiger partial charge in [0, 0.05) is 11.5 Å². The maximum absolute atomic E-state index is 13.4. The molecule has 2 aromatic carbocycles. The molecule has 1 N–H and O–H groups in total. The zero-order valence-electron chi connectivity index (χ0n) is 13.3. The molecule has 1 heterocycles. The maximum atomic E-state index is 13.4. The molecule has 0 bridgehead atoms. The molecule has 1 aromatic heterocycles. The fourth-order valence-electron chi connectivity index (χ4n) is 3.08. The number of aromatic carboxylic acids is 1. The molecule has 122 valence electrons. The van der Waals surface area contributed by atoms with E-state index in [1.54, 1.807) is 38.1 Å². The van der Waals surface area contributed by atoms with E-state index in [2.05, 4.69) is 0 Å². The molecule has 24 heavy (non-hydrogen) atoms. The Morgan fingerprint density at radius 2 is 1.92 bits per heavy atom. The molecule has 3 rings (SSSR count). The number of nitrogens with zero attached hydrogens (tertiary/aromatic N) is 1. The highest BCUT2D eigenvalue weighted by atomic mass is 19.1. The Morgan fingerprint density at radius 3 is 2.58 bits per heavy atom. The second kappa shape index (κ2) is 5.92. The molecule has 5 heteroatoms. The van der Waals surface area contributed by atoms with E-state index < -0.39 is 5.97 Å². The summed E-state index contributed by atoms with van der Waals surface area (Å²) in [4.78, 5) is 23.8. The number of aryl methyl sites for hydroxylation is 2. The van der Waals surface area contributed by atoms with Gasteiger partial charge in [-0.2, -0.15) is 0 Å². The van der Waals surface area contributed by atoms with Crippen LogP contribution in [-0.2, 0) is 6.54 Å². The van der Waals surface area contributed by atoms with Gasteiger partial charge in [-0.3, -0.25) is 4.79 Å². The van der Waals surface area contributed by atoms with Gasteiger partial charge in [0.05, 0.1) is 17.6 Å². The van der Waals surface area contributed by atoms with Crippen LogP contribution in [0.25, 0.3) is 10.9 Å². The molecule has 0 atom stereocenters. The monoisotopic (exact) mass is 325 g/mol. The van der Waals surface area contributed by atoms with Gasteiger partial charge in [0.2, 0.25) is 0 Å². The largest absolute Gasteiger partial charge is 0.478 e. The SMILES string of the molecule is Cc1cc2c(ccc(=O)n2Cc2cccc(F)c2)c(C)c1C(=O)O. The Kier molecular flexibility index (Phi) is 3.93. The molecule has 0 aliphatic carbocycles. The summed E-state index contributed by atoms with van der Waals surface area (Å²) in [5.74, 6) is -1.35. The first-order valence-electron chi connectivity index (χ1n) is 7.50. The third-order valence-electron chi connectivity index (χ3n) is 4.20. The minimum Gasteiger partial charge on any atom is -0.478 e. The molecule has 0 unspecified atom stereocenters. The molecular weight excluding hydrogens is 309 g/mol. The Balaban J connectivity index is 2.26. The molecule has 0 aliphatic heterocycles. The molecule has 3 aromatic rings. The van der Waals surface area contributed by atoms with Gasteiger partial charge >= 0.3 is 5.97 Å². The standard InChI is InChI=1S/C19H16FNO3/c1-11-8-16-15(12(2)18(11)19(23)24)6-7-17(22)21(16)10-13-4-3-5-14(20)9-13/h3-9H,10H2,1-2H3,(H,23,24). The van der Waals surface area contributed by atoms with Gasteiger partial charge in [-0.25, -0.2) is 9.18 Å². The zero-order chi connectivity index (χ0) is 17.4. The Bertz CT molecular complexity index is 1020. The summed E-state index contributed by atoms with van der Waals surface area (Å²) in [6.07, 6.45) is 0. The van der Waals surface area contributed by atoms with Gasteiger partial charge in [0.25, 0.3) is 5.56 Å². The van der Waals surface area contributed by atoms with Crippen LogP contribution in [0.2, 0.25) is 0 Å². The van der Waals surface area contributed by atoms with Crippen molar-refractivity contribution in [3.8, 4) is 0 Å². The molecular formula is C19H16FNO3. The van der Waals surface area contributed by atoms with E-state index in [1.165, 1.54) is 22.8 Å². The summed E-state index contributed by atoms with van der Waals surface area (Å²) >= 11 is 0. The van der Waals surface area contributed by atoms with E-state index >= 15 is 0 Å². The number of carboxylic acids is 1. The smallest absolute Gasteiger partial charge is 0.336 e. The van der Waals surface area contributed by atoms with E-state index in [0.717, 1.165) is 0 Å². The van der Waals surface area contributed by atoms with Crippen molar-refractivity contribution >= 4 is 16.9 Å². The van der Waals surface area contributed by atoms with Crippen molar-refractivity contribution in [3.63, 3.8) is 0 Å². The Labute approximate surface area is 137 Å². The Morgan fingerprint density at radius 1 is 1.17 bits per heavy atom. The van der Waals surface area contributed by atoms with Crippen LogP contribution in [0, 0.1) is 19.7 Å². The second-order valence-corrected chi connectivity index (χ2v) is 5.82. The first-order valence-corrected chi connectivity index (χ1v) is 7.50. The molecule has 0 aliphatic rings. The van der Waals surface area contributed by atoms with Crippen LogP contribution in [0.15, 0.2) is 47.3 Å². The zero-order valence-corrected chi connectivity index (χ0v) is 13.3. The molecule has 0 fully saturated rings. The van der Waals surface area contributed by atoms with Crippen LogP contribution in [-0.4, -0.2) is 15.6 Å². The van der Waals surface area contributed by atoms with Gasteiger partial charge in [0.15, 0.2) is 0 Å². The summed E-state index contributed by atoms with van der Waals surface area (Å²) in [6, 6.07) is 10.8. The summed E-state index contributed by atoms with van der Waals surface area (Å²) in [5, 5.41) is 10.1. The molecule has 0 amide bonds. The Hall–Kier alpha value is -2.95. The number of pyridine rings is 1. The molecule has 0 radical (unpaired) electrons. The first-order chi connectivity index (χ1) is 11.4. The normalized spacial score (nSPS) is 11.0. The second-order valence-electron chi connectivity index (χ2n) is 5.82. The number of rotatable bonds is 3. The topological polar surface area (TPSA) is 59.3 Å². The van der Waals surface area contributed by atoms with Gasteiger partial charge in [0.1, 0.15) is 5.82 Å². The minimum atomic E-state index is -0.991. The molecule has 0 spiro atoms. The molecule has 0 saturated carbocycles. The van der Waals surface area contributed by atoms with Gasteiger partial charge < -0.3 is 9.67 Å². The third-order valence-corrected chi connectivity index (χ3v) is 4.20. The highest BCUT2D eigenvalue weighted by molar-refractivity contribution is 5.98. The van der Waals surface area contributed by atoms with Crippen molar-refractivity contribution in [1.29, 1.82) is 0 Å². The van der Waals surface area contributed by atoms with Gasteiger partial charge in [-0.05, 0) is 54.8 Å². The lowest BCUT2D eigenvalue weighted by Gasteiger charge is -2.15. The molecule has 0 saturated heterocycles. The fourth-order valence-corrected chi connectivity index (χ4v) is 3.08. The van der Waals surface area contributed by atoms with E-state index in [-0.39, 0.29) is 23.5 Å². The van der Waals surface area contributed by atoms with Crippen LogP contribution in [0.5, 0.6) is 0 Å². The number of fused-ring (bicyclic) bond motifs is 1. The van der Waals surface area contributed by atoms with Crippen LogP contribution in [0.1, 0.15) is 27.0 Å². The number of halogens is 1. The van der Waals surface area contributed by atoms with E-state index in [4.69, 9.17) is 0 Å². The quantitative estimate of drug-likeness (QED) is 0.802. The van der Waals surface area contributed by atoms with Crippen molar-refractivity contribution < 1.29 is 14.3 Å². The fraction of sp³-hybridized carbons (Fsp3) is 0.158. The van der Waals surface area contributed by atoms with Gasteiger partial charge in [-0.1, -0.05) is 12.1 Å². The average molecular weight is 325 g/mol. The predicted octanol–water partition coefficient (Wildman–Crippen LogP) is 3.50. The maximum Gasteiger partial charge on any atom is 0.336 e. The minimum absolute atomic E-state index is 0.214. The van der Waals surface area contributed by atoms with Crippen molar-refractivity contribution in [2.45, 2.75) is 20.4 Å². The summed E-state index contributed by atoms with van der Waals surface area (Å²) < 4.78 is 14.9. The highest BCUT2D eigenvalue weighted by Crippen LogP contribution is 2.25. The first kappa shape index (κ1) is 15.9.